The number of likely N-dealkylation sites (tertiary alicyclic amines) is 1. The third-order valence-electron chi connectivity index (χ3n) is 5.60. The molecule has 0 aliphatic carbocycles. The number of guanidine groups is 1. The van der Waals surface area contributed by atoms with Gasteiger partial charge in [0.05, 0.1) is 6.20 Å². The van der Waals surface area contributed by atoms with Gasteiger partial charge in [-0.2, -0.15) is 18.3 Å². The van der Waals surface area contributed by atoms with Crippen LogP contribution in [-0.2, 0) is 26.1 Å². The van der Waals surface area contributed by atoms with Crippen LogP contribution in [0.1, 0.15) is 31.2 Å². The van der Waals surface area contributed by atoms with E-state index in [1.165, 1.54) is 29.6 Å². The van der Waals surface area contributed by atoms with E-state index in [2.05, 4.69) is 25.3 Å². The fraction of sp³-hybridized carbons (Fsp3) is 0.650. The number of aromatic nitrogens is 4. The molecule has 1 fully saturated rings. The van der Waals surface area contributed by atoms with Gasteiger partial charge in [-0.1, -0.05) is 0 Å². The summed E-state index contributed by atoms with van der Waals surface area (Å²) in [5.41, 5.74) is -1.89. The standard InChI is InChI=1S/C20H30F3N7O.HI/c1-4-24-18(30-9-5-15(14-30)11-16-12-27-29(3)13-16)26-7-6-19(31,20(21,22)23)17-25-8-10-28(17)2;/h8,10,12-13,15,31H,4-7,9,11,14H2,1-3H3,(H,24,26);1H. The first-order valence-electron chi connectivity index (χ1n) is 10.4. The summed E-state index contributed by atoms with van der Waals surface area (Å²) in [7, 11) is 3.31. The van der Waals surface area contributed by atoms with Crippen molar-refractivity contribution >= 4 is 29.9 Å². The highest BCUT2D eigenvalue weighted by Gasteiger charge is 2.57. The number of nitrogens with zero attached hydrogens (tertiary/aromatic N) is 6. The molecule has 2 unspecified atom stereocenters. The summed E-state index contributed by atoms with van der Waals surface area (Å²) in [4.78, 5) is 10.2. The minimum atomic E-state index is -4.86. The van der Waals surface area contributed by atoms with Crippen molar-refractivity contribution in [2.45, 2.75) is 38.0 Å². The van der Waals surface area contributed by atoms with Crippen LogP contribution >= 0.6 is 24.0 Å². The molecule has 0 saturated carbocycles. The zero-order valence-electron chi connectivity index (χ0n) is 18.5. The van der Waals surface area contributed by atoms with Crippen molar-refractivity contribution in [1.82, 2.24) is 29.5 Å². The molecule has 180 valence electrons. The molecule has 0 amide bonds. The number of hydrogen-bond donors (Lipinski definition) is 2. The molecule has 12 heteroatoms. The molecule has 0 aromatic carbocycles. The van der Waals surface area contributed by atoms with Crippen molar-refractivity contribution in [3.8, 4) is 0 Å². The smallest absolute Gasteiger partial charge is 0.374 e. The van der Waals surface area contributed by atoms with Crippen LogP contribution in [-0.4, -0.2) is 67.7 Å². The minimum Gasteiger partial charge on any atom is -0.374 e. The van der Waals surface area contributed by atoms with Gasteiger partial charge in [0.1, 0.15) is 5.82 Å². The largest absolute Gasteiger partial charge is 0.424 e. The monoisotopic (exact) mass is 569 g/mol. The predicted molar refractivity (Wildman–Crippen MR) is 126 cm³/mol. The quantitative estimate of drug-likeness (QED) is 0.304. The number of halogens is 4. The molecule has 1 saturated heterocycles. The minimum absolute atomic E-state index is 0. The first-order valence-corrected chi connectivity index (χ1v) is 10.4. The van der Waals surface area contributed by atoms with E-state index in [-0.39, 0.29) is 30.5 Å². The van der Waals surface area contributed by atoms with Crippen LogP contribution in [0, 0.1) is 5.92 Å². The molecule has 0 radical (unpaired) electrons. The van der Waals surface area contributed by atoms with E-state index in [0.717, 1.165) is 25.9 Å². The second-order valence-electron chi connectivity index (χ2n) is 8.03. The molecule has 0 bridgehead atoms. The Hall–Kier alpha value is -1.83. The topological polar surface area (TPSA) is 83.5 Å². The van der Waals surface area contributed by atoms with E-state index in [4.69, 9.17) is 0 Å². The number of hydrogen-bond acceptors (Lipinski definition) is 4. The van der Waals surface area contributed by atoms with Gasteiger partial charge in [0.25, 0.3) is 0 Å². The summed E-state index contributed by atoms with van der Waals surface area (Å²) in [5.74, 6) is 0.561. The Morgan fingerprint density at radius 3 is 2.66 bits per heavy atom. The molecular formula is C20H31F3IN7O. The average Bonchev–Trinajstić information content (AvgIpc) is 3.42. The van der Waals surface area contributed by atoms with Gasteiger partial charge in [-0.25, -0.2) is 4.98 Å². The van der Waals surface area contributed by atoms with Crippen molar-refractivity contribution in [3.05, 3.63) is 36.2 Å². The lowest BCUT2D eigenvalue weighted by Gasteiger charge is -2.29. The number of alkyl halides is 3. The molecular weight excluding hydrogens is 538 g/mol. The molecule has 32 heavy (non-hydrogen) atoms. The first kappa shape index (κ1) is 26.4. The summed E-state index contributed by atoms with van der Waals surface area (Å²) in [6.07, 6.45) is 2.88. The van der Waals surface area contributed by atoms with Gasteiger partial charge in [0, 0.05) is 65.3 Å². The summed E-state index contributed by atoms with van der Waals surface area (Å²) >= 11 is 0. The van der Waals surface area contributed by atoms with E-state index in [0.29, 0.717) is 18.4 Å². The number of aryl methyl sites for hydroxylation is 2. The summed E-state index contributed by atoms with van der Waals surface area (Å²) in [5, 5.41) is 17.8. The average molecular weight is 569 g/mol. The van der Waals surface area contributed by atoms with Crippen LogP contribution in [0.2, 0.25) is 0 Å². The zero-order valence-corrected chi connectivity index (χ0v) is 20.8. The van der Waals surface area contributed by atoms with Crippen LogP contribution in [0.4, 0.5) is 13.2 Å². The fourth-order valence-corrected chi connectivity index (χ4v) is 4.00. The summed E-state index contributed by atoms with van der Waals surface area (Å²) in [6, 6.07) is 0. The Morgan fingerprint density at radius 2 is 2.09 bits per heavy atom. The van der Waals surface area contributed by atoms with Gasteiger partial charge in [-0.3, -0.25) is 9.67 Å². The lowest BCUT2D eigenvalue weighted by molar-refractivity contribution is -0.272. The van der Waals surface area contributed by atoms with Crippen molar-refractivity contribution in [1.29, 1.82) is 0 Å². The molecule has 3 rings (SSSR count). The van der Waals surface area contributed by atoms with Gasteiger partial charge in [-0.05, 0) is 31.2 Å². The molecule has 3 heterocycles. The number of aliphatic hydroxyl groups is 1. The van der Waals surface area contributed by atoms with Gasteiger partial charge >= 0.3 is 6.18 Å². The lowest BCUT2D eigenvalue weighted by Crippen LogP contribution is -2.45. The van der Waals surface area contributed by atoms with Crippen LogP contribution in [0.3, 0.4) is 0 Å². The SMILES string of the molecule is CCNC(=NCCC(O)(c1nccn1C)C(F)(F)F)N1CCC(Cc2cnn(C)c2)C1.I. The lowest BCUT2D eigenvalue weighted by atomic mass is 9.98. The number of nitrogens with one attached hydrogen (secondary N) is 1. The van der Waals surface area contributed by atoms with Crippen LogP contribution in [0.5, 0.6) is 0 Å². The second-order valence-corrected chi connectivity index (χ2v) is 8.03. The Balaban J connectivity index is 0.00000363. The molecule has 2 atom stereocenters. The predicted octanol–water partition coefficient (Wildman–Crippen LogP) is 2.44. The summed E-state index contributed by atoms with van der Waals surface area (Å²) < 4.78 is 44.1. The van der Waals surface area contributed by atoms with Gasteiger partial charge < -0.3 is 19.9 Å². The van der Waals surface area contributed by atoms with E-state index < -0.39 is 24.0 Å². The van der Waals surface area contributed by atoms with E-state index in [9.17, 15) is 18.3 Å². The number of imidazole rings is 1. The Bertz CT molecular complexity index is 898. The van der Waals surface area contributed by atoms with Crippen molar-refractivity contribution in [2.75, 3.05) is 26.2 Å². The first-order chi connectivity index (χ1) is 14.6. The molecule has 2 aromatic heterocycles. The highest BCUT2D eigenvalue weighted by atomic mass is 127. The molecule has 2 N–H and O–H groups in total. The maximum atomic E-state index is 13.7. The number of rotatable bonds is 7. The van der Waals surface area contributed by atoms with Crippen LogP contribution in [0.25, 0.3) is 0 Å². The molecule has 0 spiro atoms. The molecule has 1 aliphatic rings. The maximum Gasteiger partial charge on any atom is 0.424 e. The highest BCUT2D eigenvalue weighted by Crippen LogP contribution is 2.40. The van der Waals surface area contributed by atoms with E-state index >= 15 is 0 Å². The maximum absolute atomic E-state index is 13.7. The Morgan fingerprint density at radius 1 is 1.34 bits per heavy atom. The third kappa shape index (κ3) is 5.94. The van der Waals surface area contributed by atoms with Crippen molar-refractivity contribution in [3.63, 3.8) is 0 Å². The summed E-state index contributed by atoms with van der Waals surface area (Å²) in [6.45, 7) is 3.88. The zero-order chi connectivity index (χ0) is 22.6. The second kappa shape index (κ2) is 10.9. The Kier molecular flexibility index (Phi) is 8.97. The van der Waals surface area contributed by atoms with E-state index in [1.807, 2.05) is 26.4 Å². The van der Waals surface area contributed by atoms with Gasteiger partial charge in [0.2, 0.25) is 5.60 Å². The molecule has 8 nitrogen and oxygen atoms in total. The van der Waals surface area contributed by atoms with Crippen LogP contribution in [0.15, 0.2) is 29.8 Å². The van der Waals surface area contributed by atoms with Gasteiger partial charge in [0.15, 0.2) is 5.96 Å². The molecule has 2 aromatic rings. The van der Waals surface area contributed by atoms with Crippen LogP contribution < -0.4 is 5.32 Å². The van der Waals surface area contributed by atoms with Crippen molar-refractivity contribution < 1.29 is 18.3 Å². The highest BCUT2D eigenvalue weighted by molar-refractivity contribution is 14.0. The normalized spacial score (nSPS) is 19.0. The van der Waals surface area contributed by atoms with Crippen molar-refractivity contribution in [2.24, 2.45) is 25.0 Å². The van der Waals surface area contributed by atoms with E-state index in [1.54, 1.807) is 4.68 Å². The third-order valence-corrected chi connectivity index (χ3v) is 5.60. The number of aliphatic imine (C=N–C) groups is 1. The Labute approximate surface area is 202 Å². The van der Waals surface area contributed by atoms with Gasteiger partial charge in [-0.15, -0.1) is 24.0 Å². The fourth-order valence-electron chi connectivity index (χ4n) is 4.00. The molecule has 1 aliphatic heterocycles.